The standard InChI is InChI=1S/C10H11FO3/c1-2-13-10(12)14-9(11)8-6-4-3-5-7-8/h3-7,9H,2H2,1H3. The lowest BCUT2D eigenvalue weighted by Crippen LogP contribution is -2.09. The van der Waals surface area contributed by atoms with Gasteiger partial charge in [0, 0.05) is 5.56 Å². The first-order valence-electron chi connectivity index (χ1n) is 4.26. The lowest BCUT2D eigenvalue weighted by atomic mass is 10.2. The van der Waals surface area contributed by atoms with Crippen molar-refractivity contribution in [2.75, 3.05) is 6.61 Å². The molecule has 14 heavy (non-hydrogen) atoms. The van der Waals surface area contributed by atoms with Gasteiger partial charge >= 0.3 is 6.16 Å². The third-order valence-corrected chi connectivity index (χ3v) is 1.52. The third kappa shape index (κ3) is 3.05. The summed E-state index contributed by atoms with van der Waals surface area (Å²) in [6, 6.07) is 8.14. The van der Waals surface area contributed by atoms with Crippen molar-refractivity contribution in [2.45, 2.75) is 13.3 Å². The van der Waals surface area contributed by atoms with Crippen molar-refractivity contribution >= 4 is 6.16 Å². The molecule has 1 rings (SSSR count). The lowest BCUT2D eigenvalue weighted by molar-refractivity contribution is -0.0311. The van der Waals surface area contributed by atoms with Gasteiger partial charge in [0.25, 0.3) is 6.36 Å². The smallest absolute Gasteiger partial charge is 0.435 e. The van der Waals surface area contributed by atoms with E-state index in [4.69, 9.17) is 0 Å². The van der Waals surface area contributed by atoms with E-state index in [0.717, 1.165) is 0 Å². The average Bonchev–Trinajstić information content (AvgIpc) is 2.19. The van der Waals surface area contributed by atoms with Gasteiger partial charge in [-0.05, 0) is 6.92 Å². The number of halogens is 1. The van der Waals surface area contributed by atoms with Gasteiger partial charge in [-0.15, -0.1) is 0 Å². The number of ether oxygens (including phenoxy) is 2. The number of benzene rings is 1. The van der Waals surface area contributed by atoms with Gasteiger partial charge in [0.05, 0.1) is 6.61 Å². The van der Waals surface area contributed by atoms with E-state index in [9.17, 15) is 9.18 Å². The Balaban J connectivity index is 2.50. The molecule has 0 aliphatic rings. The highest BCUT2D eigenvalue weighted by molar-refractivity contribution is 5.60. The van der Waals surface area contributed by atoms with Crippen LogP contribution < -0.4 is 0 Å². The van der Waals surface area contributed by atoms with Crippen LogP contribution in [0.3, 0.4) is 0 Å². The summed E-state index contributed by atoms with van der Waals surface area (Å²) in [5.74, 6) is 0. The first-order chi connectivity index (χ1) is 6.74. The van der Waals surface area contributed by atoms with Crippen LogP contribution in [0.2, 0.25) is 0 Å². The molecule has 1 aromatic rings. The monoisotopic (exact) mass is 198 g/mol. The Morgan fingerprint density at radius 3 is 2.64 bits per heavy atom. The molecule has 0 aromatic heterocycles. The van der Waals surface area contributed by atoms with Gasteiger partial charge in [-0.2, -0.15) is 4.39 Å². The van der Waals surface area contributed by atoms with Crippen molar-refractivity contribution in [3.8, 4) is 0 Å². The SMILES string of the molecule is CCOC(=O)OC(F)c1ccccc1. The minimum Gasteiger partial charge on any atom is -0.435 e. The fraction of sp³-hybridized carbons (Fsp3) is 0.300. The highest BCUT2D eigenvalue weighted by atomic mass is 19.1. The van der Waals surface area contributed by atoms with E-state index in [-0.39, 0.29) is 6.61 Å². The van der Waals surface area contributed by atoms with Crippen LogP contribution in [0.4, 0.5) is 9.18 Å². The van der Waals surface area contributed by atoms with Gasteiger partial charge in [0.2, 0.25) is 0 Å². The van der Waals surface area contributed by atoms with Gasteiger partial charge in [-0.1, -0.05) is 30.3 Å². The van der Waals surface area contributed by atoms with E-state index < -0.39 is 12.5 Å². The summed E-state index contributed by atoms with van der Waals surface area (Å²) in [5, 5.41) is 0. The van der Waals surface area contributed by atoms with E-state index in [0.29, 0.717) is 5.56 Å². The van der Waals surface area contributed by atoms with Crippen LogP contribution in [0.15, 0.2) is 30.3 Å². The van der Waals surface area contributed by atoms with E-state index in [1.807, 2.05) is 0 Å². The molecule has 0 bridgehead atoms. The molecule has 0 saturated carbocycles. The summed E-state index contributed by atoms with van der Waals surface area (Å²) in [6.07, 6.45) is -2.76. The molecule has 0 fully saturated rings. The molecule has 0 amide bonds. The van der Waals surface area contributed by atoms with Crippen molar-refractivity contribution < 1.29 is 18.7 Å². The Labute approximate surface area is 81.4 Å². The Kier molecular flexibility index (Phi) is 3.91. The van der Waals surface area contributed by atoms with E-state index >= 15 is 0 Å². The molecular weight excluding hydrogens is 187 g/mol. The second-order valence-corrected chi connectivity index (χ2v) is 2.53. The van der Waals surface area contributed by atoms with Crippen molar-refractivity contribution in [1.82, 2.24) is 0 Å². The first-order valence-corrected chi connectivity index (χ1v) is 4.26. The van der Waals surface area contributed by atoms with E-state index in [1.165, 1.54) is 12.1 Å². The second kappa shape index (κ2) is 5.21. The quantitative estimate of drug-likeness (QED) is 0.700. The van der Waals surface area contributed by atoms with Gasteiger partial charge in [-0.3, -0.25) is 0 Å². The first kappa shape index (κ1) is 10.5. The van der Waals surface area contributed by atoms with Crippen molar-refractivity contribution in [1.29, 1.82) is 0 Å². The fourth-order valence-corrected chi connectivity index (χ4v) is 0.909. The predicted octanol–water partition coefficient (Wildman–Crippen LogP) is 2.83. The molecule has 0 heterocycles. The summed E-state index contributed by atoms with van der Waals surface area (Å²) in [7, 11) is 0. The average molecular weight is 198 g/mol. The normalized spacial score (nSPS) is 11.9. The van der Waals surface area contributed by atoms with Gasteiger partial charge in [0.1, 0.15) is 0 Å². The molecule has 4 heteroatoms. The number of hydrogen-bond acceptors (Lipinski definition) is 3. The highest BCUT2D eigenvalue weighted by Crippen LogP contribution is 2.18. The van der Waals surface area contributed by atoms with E-state index in [1.54, 1.807) is 25.1 Å². The summed E-state index contributed by atoms with van der Waals surface area (Å²) < 4.78 is 22.0. The van der Waals surface area contributed by atoms with E-state index in [2.05, 4.69) is 9.47 Å². The maximum Gasteiger partial charge on any atom is 0.511 e. The Bertz CT molecular complexity index is 287. The zero-order chi connectivity index (χ0) is 10.4. The molecule has 1 unspecified atom stereocenters. The molecule has 0 aliphatic carbocycles. The van der Waals surface area contributed by atoms with Gasteiger partial charge < -0.3 is 9.47 Å². The minimum absolute atomic E-state index is 0.167. The molecule has 0 spiro atoms. The Hall–Kier alpha value is -1.58. The minimum atomic E-state index is -1.77. The van der Waals surface area contributed by atoms with Crippen molar-refractivity contribution in [3.05, 3.63) is 35.9 Å². The lowest BCUT2D eigenvalue weighted by Gasteiger charge is -2.09. The van der Waals surface area contributed by atoms with Crippen molar-refractivity contribution in [3.63, 3.8) is 0 Å². The fourth-order valence-electron chi connectivity index (χ4n) is 0.909. The number of alkyl halides is 1. The molecule has 0 N–H and O–H groups in total. The molecule has 1 aromatic carbocycles. The summed E-state index contributed by atoms with van der Waals surface area (Å²) in [6.45, 7) is 1.79. The van der Waals surface area contributed by atoms with Crippen LogP contribution in [0.5, 0.6) is 0 Å². The number of carbonyl (C=O) groups is 1. The third-order valence-electron chi connectivity index (χ3n) is 1.52. The largest absolute Gasteiger partial charge is 0.511 e. The number of rotatable bonds is 3. The summed E-state index contributed by atoms with van der Waals surface area (Å²) >= 11 is 0. The van der Waals surface area contributed by atoms with Crippen molar-refractivity contribution in [2.24, 2.45) is 0 Å². The van der Waals surface area contributed by atoms with Gasteiger partial charge in [-0.25, -0.2) is 4.79 Å². The maximum atomic E-state index is 13.2. The molecule has 76 valence electrons. The Morgan fingerprint density at radius 2 is 2.07 bits per heavy atom. The molecule has 0 aliphatic heterocycles. The number of hydrogen-bond donors (Lipinski definition) is 0. The zero-order valence-corrected chi connectivity index (χ0v) is 7.77. The highest BCUT2D eigenvalue weighted by Gasteiger charge is 2.14. The molecule has 0 radical (unpaired) electrons. The topological polar surface area (TPSA) is 35.5 Å². The van der Waals surface area contributed by atoms with Gasteiger partial charge in [0.15, 0.2) is 0 Å². The van der Waals surface area contributed by atoms with Crippen LogP contribution in [0.25, 0.3) is 0 Å². The zero-order valence-electron chi connectivity index (χ0n) is 7.77. The summed E-state index contributed by atoms with van der Waals surface area (Å²) in [4.78, 5) is 10.7. The van der Waals surface area contributed by atoms with Crippen LogP contribution in [0.1, 0.15) is 18.8 Å². The molecular formula is C10H11FO3. The van der Waals surface area contributed by atoms with Crippen LogP contribution >= 0.6 is 0 Å². The second-order valence-electron chi connectivity index (χ2n) is 2.53. The van der Waals surface area contributed by atoms with Crippen LogP contribution in [-0.4, -0.2) is 12.8 Å². The van der Waals surface area contributed by atoms with Crippen LogP contribution in [-0.2, 0) is 9.47 Å². The number of carbonyl (C=O) groups excluding carboxylic acids is 1. The molecule has 3 nitrogen and oxygen atoms in total. The Morgan fingerprint density at radius 1 is 1.43 bits per heavy atom. The summed E-state index contributed by atoms with van der Waals surface area (Å²) in [5.41, 5.74) is 0.292. The molecule has 1 atom stereocenters. The maximum absolute atomic E-state index is 13.2. The molecule has 0 saturated heterocycles. The predicted molar refractivity (Wildman–Crippen MR) is 48.4 cm³/mol. The van der Waals surface area contributed by atoms with Crippen LogP contribution in [0, 0.1) is 0 Å².